The Balaban J connectivity index is 1.48. The fourth-order valence-corrected chi connectivity index (χ4v) is 3.76. The number of anilines is 1. The Kier molecular flexibility index (Phi) is 5.46. The van der Waals surface area contributed by atoms with E-state index in [0.29, 0.717) is 6.61 Å². The second-order valence-corrected chi connectivity index (χ2v) is 7.76. The van der Waals surface area contributed by atoms with E-state index >= 15 is 0 Å². The molecule has 4 aromatic rings. The first kappa shape index (κ1) is 17.7. The molecule has 4 rings (SSSR count). The molecule has 0 aliphatic rings. The summed E-state index contributed by atoms with van der Waals surface area (Å²) < 4.78 is 8.07. The molecule has 0 fully saturated rings. The van der Waals surface area contributed by atoms with Crippen LogP contribution in [-0.4, -0.2) is 11.2 Å². The van der Waals surface area contributed by atoms with Crippen molar-refractivity contribution in [2.75, 3.05) is 5.43 Å². The molecular formula is C21H16BrN3OS. The van der Waals surface area contributed by atoms with E-state index in [1.807, 2.05) is 72.8 Å². The monoisotopic (exact) mass is 437 g/mol. The van der Waals surface area contributed by atoms with Gasteiger partial charge in [0.05, 0.1) is 16.4 Å². The molecule has 27 heavy (non-hydrogen) atoms. The lowest BCUT2D eigenvalue weighted by atomic mass is 10.2. The van der Waals surface area contributed by atoms with Crippen LogP contribution in [0.2, 0.25) is 0 Å². The normalized spacial score (nSPS) is 11.1. The molecule has 0 radical (unpaired) electrons. The maximum Gasteiger partial charge on any atom is 0.204 e. The van der Waals surface area contributed by atoms with Crippen LogP contribution in [0.4, 0.5) is 5.13 Å². The average Bonchev–Trinajstić information content (AvgIpc) is 3.11. The fourth-order valence-electron chi connectivity index (χ4n) is 2.56. The highest BCUT2D eigenvalue weighted by atomic mass is 79.9. The first-order valence-electron chi connectivity index (χ1n) is 8.39. The fraction of sp³-hybridized carbons (Fsp3) is 0.0476. The molecule has 4 nitrogen and oxygen atoms in total. The van der Waals surface area contributed by atoms with E-state index in [1.165, 1.54) is 0 Å². The minimum atomic E-state index is 0.509. The summed E-state index contributed by atoms with van der Waals surface area (Å²) in [5.74, 6) is 0.775. The summed E-state index contributed by atoms with van der Waals surface area (Å²) >= 11 is 5.08. The number of hydrazone groups is 1. The van der Waals surface area contributed by atoms with Gasteiger partial charge in [-0.2, -0.15) is 5.10 Å². The van der Waals surface area contributed by atoms with E-state index in [-0.39, 0.29) is 0 Å². The Morgan fingerprint density at radius 1 is 1.04 bits per heavy atom. The predicted molar refractivity (Wildman–Crippen MR) is 116 cm³/mol. The third kappa shape index (κ3) is 4.53. The number of ether oxygens (including phenoxy) is 1. The van der Waals surface area contributed by atoms with E-state index in [4.69, 9.17) is 4.74 Å². The van der Waals surface area contributed by atoms with E-state index in [9.17, 15) is 0 Å². The summed E-state index contributed by atoms with van der Waals surface area (Å²) in [4.78, 5) is 4.51. The van der Waals surface area contributed by atoms with Gasteiger partial charge in [0, 0.05) is 10.0 Å². The maximum atomic E-state index is 5.98. The van der Waals surface area contributed by atoms with Crippen LogP contribution >= 0.6 is 27.3 Å². The van der Waals surface area contributed by atoms with E-state index < -0.39 is 0 Å². The average molecular weight is 438 g/mol. The molecule has 6 heteroatoms. The number of fused-ring (bicyclic) bond motifs is 1. The van der Waals surface area contributed by atoms with E-state index in [0.717, 1.165) is 36.7 Å². The van der Waals surface area contributed by atoms with E-state index in [1.54, 1.807) is 17.6 Å². The van der Waals surface area contributed by atoms with Crippen LogP contribution in [0.5, 0.6) is 5.75 Å². The second-order valence-electron chi connectivity index (χ2n) is 5.81. The van der Waals surface area contributed by atoms with Gasteiger partial charge in [-0.05, 0) is 35.9 Å². The predicted octanol–water partition coefficient (Wildman–Crippen LogP) is 6.08. The number of rotatable bonds is 6. The van der Waals surface area contributed by atoms with Gasteiger partial charge in [0.1, 0.15) is 12.4 Å². The zero-order valence-electron chi connectivity index (χ0n) is 14.3. The van der Waals surface area contributed by atoms with Crippen molar-refractivity contribution < 1.29 is 4.74 Å². The smallest absolute Gasteiger partial charge is 0.204 e. The van der Waals surface area contributed by atoms with Gasteiger partial charge < -0.3 is 4.74 Å². The molecule has 0 spiro atoms. The van der Waals surface area contributed by atoms with Gasteiger partial charge in [-0.1, -0.05) is 69.7 Å². The maximum absolute atomic E-state index is 5.98. The lowest BCUT2D eigenvalue weighted by Crippen LogP contribution is -1.99. The Morgan fingerprint density at radius 3 is 2.70 bits per heavy atom. The Morgan fingerprint density at radius 2 is 1.85 bits per heavy atom. The summed E-state index contributed by atoms with van der Waals surface area (Å²) in [6.45, 7) is 0.509. The van der Waals surface area contributed by atoms with Crippen LogP contribution in [0.1, 0.15) is 11.1 Å². The molecule has 0 aliphatic carbocycles. The standard InChI is InChI=1S/C21H16BrN3OS/c22-17-10-11-19(26-14-15-6-2-1-3-7-15)16(12-17)13-23-25-21-24-18-8-4-5-9-20(18)27-21/h1-13H,14H2,(H,24,25)/b23-13-. The lowest BCUT2D eigenvalue weighted by Gasteiger charge is -2.09. The van der Waals surface area contributed by atoms with Crippen LogP contribution in [-0.2, 0) is 6.61 Å². The van der Waals surface area contributed by atoms with Crippen molar-refractivity contribution in [3.05, 3.63) is 88.4 Å². The third-order valence-electron chi connectivity index (χ3n) is 3.87. The van der Waals surface area contributed by atoms with E-state index in [2.05, 4.69) is 31.4 Å². The first-order valence-corrected chi connectivity index (χ1v) is 10.00. The zero-order chi connectivity index (χ0) is 18.5. The highest BCUT2D eigenvalue weighted by Crippen LogP contribution is 2.26. The molecule has 0 saturated carbocycles. The van der Waals surface area contributed by atoms with Gasteiger partial charge in [-0.25, -0.2) is 4.98 Å². The quantitative estimate of drug-likeness (QED) is 0.293. The number of halogens is 1. The van der Waals surface area contributed by atoms with Crippen LogP contribution < -0.4 is 10.2 Å². The van der Waals surface area contributed by atoms with Gasteiger partial charge in [0.25, 0.3) is 0 Å². The van der Waals surface area contributed by atoms with Crippen molar-refractivity contribution in [2.45, 2.75) is 6.61 Å². The number of hydrogen-bond donors (Lipinski definition) is 1. The van der Waals surface area contributed by atoms with Crippen molar-refractivity contribution >= 4 is 48.8 Å². The van der Waals surface area contributed by atoms with Gasteiger partial charge in [0.15, 0.2) is 0 Å². The third-order valence-corrected chi connectivity index (χ3v) is 5.30. The molecule has 1 heterocycles. The number of nitrogens with one attached hydrogen (secondary N) is 1. The number of para-hydroxylation sites is 1. The Hall–Kier alpha value is -2.70. The summed E-state index contributed by atoms with van der Waals surface area (Å²) in [7, 11) is 0. The van der Waals surface area contributed by atoms with Gasteiger partial charge >= 0.3 is 0 Å². The topological polar surface area (TPSA) is 46.5 Å². The first-order chi connectivity index (χ1) is 13.3. The molecule has 0 amide bonds. The number of thiazole rings is 1. The van der Waals surface area contributed by atoms with Crippen molar-refractivity contribution in [1.29, 1.82) is 0 Å². The summed E-state index contributed by atoms with van der Waals surface area (Å²) in [6.07, 6.45) is 1.75. The largest absolute Gasteiger partial charge is 0.488 e. The van der Waals surface area contributed by atoms with Crippen LogP contribution in [0.3, 0.4) is 0 Å². The Labute approximate surface area is 169 Å². The SMILES string of the molecule is Brc1ccc(OCc2ccccc2)c(/C=N\Nc2nc3ccccc3s2)c1. The molecular weight excluding hydrogens is 422 g/mol. The van der Waals surface area contributed by atoms with Crippen molar-refractivity contribution in [3.63, 3.8) is 0 Å². The number of benzene rings is 3. The molecule has 0 saturated heterocycles. The molecule has 134 valence electrons. The second kappa shape index (κ2) is 8.33. The molecule has 1 N–H and O–H groups in total. The number of hydrogen-bond acceptors (Lipinski definition) is 5. The van der Waals surface area contributed by atoms with Crippen molar-refractivity contribution in [1.82, 2.24) is 4.98 Å². The van der Waals surface area contributed by atoms with Crippen molar-refractivity contribution in [3.8, 4) is 5.75 Å². The number of aromatic nitrogens is 1. The molecule has 0 atom stereocenters. The summed E-state index contributed by atoms with van der Waals surface area (Å²) in [6, 6.07) is 24.0. The van der Waals surface area contributed by atoms with Crippen LogP contribution in [0, 0.1) is 0 Å². The summed E-state index contributed by atoms with van der Waals surface area (Å²) in [5, 5.41) is 5.09. The van der Waals surface area contributed by atoms with Gasteiger partial charge in [-0.3, -0.25) is 5.43 Å². The molecule has 1 aromatic heterocycles. The lowest BCUT2D eigenvalue weighted by molar-refractivity contribution is 0.306. The summed E-state index contributed by atoms with van der Waals surface area (Å²) in [5.41, 5.74) is 5.98. The van der Waals surface area contributed by atoms with Crippen LogP contribution in [0.15, 0.2) is 82.4 Å². The van der Waals surface area contributed by atoms with Gasteiger partial charge in [-0.15, -0.1) is 0 Å². The number of nitrogens with zero attached hydrogens (tertiary/aromatic N) is 2. The minimum Gasteiger partial charge on any atom is -0.488 e. The molecule has 0 unspecified atom stereocenters. The molecule has 0 bridgehead atoms. The highest BCUT2D eigenvalue weighted by molar-refractivity contribution is 9.10. The van der Waals surface area contributed by atoms with Gasteiger partial charge in [0.2, 0.25) is 5.13 Å². The zero-order valence-corrected chi connectivity index (χ0v) is 16.7. The minimum absolute atomic E-state index is 0.509. The molecule has 3 aromatic carbocycles. The van der Waals surface area contributed by atoms with Crippen LogP contribution in [0.25, 0.3) is 10.2 Å². The molecule has 0 aliphatic heterocycles. The van der Waals surface area contributed by atoms with Crippen molar-refractivity contribution in [2.24, 2.45) is 5.10 Å². The Bertz CT molecular complexity index is 1050. The highest BCUT2D eigenvalue weighted by Gasteiger charge is 2.05.